The number of halogens is 5. The van der Waals surface area contributed by atoms with Gasteiger partial charge in [0, 0.05) is 17.2 Å². The van der Waals surface area contributed by atoms with Gasteiger partial charge in [-0.25, -0.2) is 8.78 Å². The average molecular weight is 406 g/mol. The van der Waals surface area contributed by atoms with Gasteiger partial charge in [0.25, 0.3) is 0 Å². The Balaban J connectivity index is 1.89. The van der Waals surface area contributed by atoms with E-state index in [0.717, 1.165) is 6.07 Å². The van der Waals surface area contributed by atoms with Crippen molar-refractivity contribution >= 4 is 10.9 Å². The molecule has 4 rings (SSSR count). The fourth-order valence-corrected chi connectivity index (χ4v) is 3.21. The first kappa shape index (κ1) is 19.1. The number of nitrogens with one attached hydrogen (secondary N) is 1. The van der Waals surface area contributed by atoms with Crippen molar-refractivity contribution in [3.05, 3.63) is 59.8 Å². The largest absolute Gasteiger partial charge is 0.419 e. The zero-order valence-electron chi connectivity index (χ0n) is 15.4. The molecule has 0 radical (unpaired) electrons. The Labute approximate surface area is 162 Å². The zero-order chi connectivity index (χ0) is 20.9. The molecule has 0 unspecified atom stereocenters. The molecule has 9 heteroatoms. The van der Waals surface area contributed by atoms with Crippen LogP contribution < -0.4 is 0 Å². The molecule has 0 saturated carbocycles. The van der Waals surface area contributed by atoms with Crippen LogP contribution in [0, 0.1) is 11.6 Å². The minimum absolute atomic E-state index is 0.0872. The van der Waals surface area contributed by atoms with Crippen LogP contribution in [0.25, 0.3) is 33.4 Å². The van der Waals surface area contributed by atoms with Gasteiger partial charge in [-0.15, -0.1) is 0 Å². The third-order valence-electron chi connectivity index (χ3n) is 4.63. The summed E-state index contributed by atoms with van der Waals surface area (Å²) in [5, 5.41) is 11.1. The fraction of sp³-hybridized carbons (Fsp3) is 0.200. The molecule has 2 aromatic carbocycles. The van der Waals surface area contributed by atoms with Gasteiger partial charge in [0.2, 0.25) is 0 Å². The van der Waals surface area contributed by atoms with Gasteiger partial charge in [-0.3, -0.25) is 9.78 Å². The Morgan fingerprint density at radius 2 is 1.79 bits per heavy atom. The highest BCUT2D eigenvalue weighted by Gasteiger charge is 2.34. The topological polar surface area (TPSA) is 46.5 Å². The van der Waals surface area contributed by atoms with Crippen molar-refractivity contribution in [2.45, 2.75) is 26.1 Å². The van der Waals surface area contributed by atoms with Crippen LogP contribution in [0.3, 0.4) is 0 Å². The molecule has 2 aromatic heterocycles. The van der Waals surface area contributed by atoms with Crippen LogP contribution in [-0.4, -0.2) is 20.0 Å². The van der Waals surface area contributed by atoms with E-state index in [2.05, 4.69) is 15.3 Å². The van der Waals surface area contributed by atoms with E-state index in [0.29, 0.717) is 22.7 Å². The third-order valence-corrected chi connectivity index (χ3v) is 4.63. The number of rotatable bonds is 3. The van der Waals surface area contributed by atoms with Gasteiger partial charge >= 0.3 is 6.18 Å². The molecule has 0 atom stereocenters. The lowest BCUT2D eigenvalue weighted by molar-refractivity contribution is -0.139. The molecular formula is C20H15F5N4. The van der Waals surface area contributed by atoms with Crippen LogP contribution in [-0.2, 0) is 6.18 Å². The summed E-state index contributed by atoms with van der Waals surface area (Å²) in [6, 6.07) is 7.21. The summed E-state index contributed by atoms with van der Waals surface area (Å²) < 4.78 is 69.4. The highest BCUT2D eigenvalue weighted by atomic mass is 19.4. The van der Waals surface area contributed by atoms with Crippen molar-refractivity contribution < 1.29 is 22.0 Å². The normalized spacial score (nSPS) is 12.3. The fourth-order valence-electron chi connectivity index (χ4n) is 3.21. The number of alkyl halides is 3. The Morgan fingerprint density at radius 3 is 2.48 bits per heavy atom. The molecule has 150 valence electrons. The summed E-state index contributed by atoms with van der Waals surface area (Å²) in [5.41, 5.74) is 0.0603. The van der Waals surface area contributed by atoms with Gasteiger partial charge in [-0.1, -0.05) is 0 Å². The number of aromatic amines is 1. The Morgan fingerprint density at radius 1 is 1.03 bits per heavy atom. The van der Waals surface area contributed by atoms with E-state index in [4.69, 9.17) is 0 Å². The van der Waals surface area contributed by atoms with Gasteiger partial charge in [-0.2, -0.15) is 23.4 Å². The van der Waals surface area contributed by atoms with Crippen molar-refractivity contribution in [2.24, 2.45) is 0 Å². The monoisotopic (exact) mass is 406 g/mol. The van der Waals surface area contributed by atoms with Crippen LogP contribution in [0.5, 0.6) is 0 Å². The van der Waals surface area contributed by atoms with Crippen molar-refractivity contribution in [2.75, 3.05) is 0 Å². The van der Waals surface area contributed by atoms with Gasteiger partial charge in [0.15, 0.2) is 0 Å². The molecule has 0 amide bonds. The lowest BCUT2D eigenvalue weighted by Crippen LogP contribution is -2.08. The van der Waals surface area contributed by atoms with E-state index in [-0.39, 0.29) is 22.9 Å². The number of H-pyrrole nitrogens is 1. The maximum atomic E-state index is 15.0. The van der Waals surface area contributed by atoms with E-state index in [1.54, 1.807) is 12.1 Å². The molecule has 0 aliphatic heterocycles. The molecule has 0 fully saturated rings. The first-order chi connectivity index (χ1) is 13.7. The molecule has 0 aliphatic rings. The number of aromatic nitrogens is 4. The van der Waals surface area contributed by atoms with E-state index in [9.17, 15) is 17.6 Å². The minimum atomic E-state index is -4.83. The van der Waals surface area contributed by atoms with Gasteiger partial charge in [-0.05, 0) is 50.2 Å². The Bertz CT molecular complexity index is 1200. The second-order valence-corrected chi connectivity index (χ2v) is 6.90. The predicted octanol–water partition coefficient (Wildman–Crippen LogP) is 5.97. The first-order valence-electron chi connectivity index (χ1n) is 8.75. The van der Waals surface area contributed by atoms with Crippen molar-refractivity contribution in [3.63, 3.8) is 0 Å². The van der Waals surface area contributed by atoms with Crippen LogP contribution in [0.2, 0.25) is 0 Å². The maximum absolute atomic E-state index is 15.0. The molecule has 0 aliphatic carbocycles. The number of nitrogens with zero attached hydrogens (tertiary/aromatic N) is 3. The quantitative estimate of drug-likeness (QED) is 0.426. The van der Waals surface area contributed by atoms with E-state index >= 15 is 4.39 Å². The third kappa shape index (κ3) is 3.26. The van der Waals surface area contributed by atoms with Crippen LogP contribution >= 0.6 is 0 Å². The lowest BCUT2D eigenvalue weighted by Gasteiger charge is -2.12. The predicted molar refractivity (Wildman–Crippen MR) is 98.1 cm³/mol. The summed E-state index contributed by atoms with van der Waals surface area (Å²) in [6.45, 7) is 3.64. The highest BCUT2D eigenvalue weighted by Crippen LogP contribution is 2.36. The van der Waals surface area contributed by atoms with Crippen molar-refractivity contribution in [3.8, 4) is 22.5 Å². The number of benzene rings is 2. The molecule has 0 spiro atoms. The highest BCUT2D eigenvalue weighted by molar-refractivity contribution is 5.85. The molecular weight excluding hydrogens is 391 g/mol. The summed E-state index contributed by atoms with van der Waals surface area (Å²) in [4.78, 5) is 0. The molecule has 29 heavy (non-hydrogen) atoms. The molecule has 1 N–H and O–H groups in total. The SMILES string of the molecule is CC(C)n1nc(-c2ccc(F)c(C(F)(F)F)c2)cc1-c1ccc2[nH]ncc2c1F. The number of hydrogen-bond donors (Lipinski definition) is 1. The van der Waals surface area contributed by atoms with Crippen molar-refractivity contribution in [1.82, 2.24) is 20.0 Å². The maximum Gasteiger partial charge on any atom is 0.419 e. The van der Waals surface area contributed by atoms with Gasteiger partial charge in [0.1, 0.15) is 11.6 Å². The second-order valence-electron chi connectivity index (χ2n) is 6.90. The summed E-state index contributed by atoms with van der Waals surface area (Å²) in [6.07, 6.45) is -3.47. The van der Waals surface area contributed by atoms with Crippen molar-refractivity contribution in [1.29, 1.82) is 0 Å². The second kappa shape index (κ2) is 6.68. The molecule has 0 saturated heterocycles. The van der Waals surface area contributed by atoms with E-state index in [1.807, 2.05) is 13.8 Å². The standard InChI is InChI=1S/C20H15F5N4/c1-10(2)29-18(12-4-6-16-13(19(12)22)9-26-27-16)8-17(28-29)11-3-5-15(21)14(7-11)20(23,24)25/h3-10H,1-2H3,(H,26,27). The van der Waals surface area contributed by atoms with E-state index < -0.39 is 23.4 Å². The zero-order valence-corrected chi connectivity index (χ0v) is 15.4. The molecule has 4 aromatic rings. The van der Waals surface area contributed by atoms with Gasteiger partial charge in [0.05, 0.1) is 34.1 Å². The first-order valence-corrected chi connectivity index (χ1v) is 8.75. The molecule has 2 heterocycles. The minimum Gasteiger partial charge on any atom is -0.278 e. The summed E-state index contributed by atoms with van der Waals surface area (Å²) in [5.74, 6) is -1.87. The Hall–Kier alpha value is -3.23. The van der Waals surface area contributed by atoms with Crippen LogP contribution in [0.15, 0.2) is 42.6 Å². The van der Waals surface area contributed by atoms with Gasteiger partial charge < -0.3 is 0 Å². The average Bonchev–Trinajstić information content (AvgIpc) is 3.29. The summed E-state index contributed by atoms with van der Waals surface area (Å²) in [7, 11) is 0. The summed E-state index contributed by atoms with van der Waals surface area (Å²) >= 11 is 0. The smallest absolute Gasteiger partial charge is 0.278 e. The number of hydrogen-bond acceptors (Lipinski definition) is 2. The number of fused-ring (bicyclic) bond motifs is 1. The molecule has 0 bridgehead atoms. The Kier molecular flexibility index (Phi) is 4.40. The van der Waals surface area contributed by atoms with Crippen LogP contribution in [0.4, 0.5) is 22.0 Å². The molecule has 4 nitrogen and oxygen atoms in total. The van der Waals surface area contributed by atoms with Crippen LogP contribution in [0.1, 0.15) is 25.5 Å². The van der Waals surface area contributed by atoms with E-state index in [1.165, 1.54) is 23.0 Å². The lowest BCUT2D eigenvalue weighted by atomic mass is 10.0.